The van der Waals surface area contributed by atoms with Crippen LogP contribution in [0.2, 0.25) is 0 Å². The van der Waals surface area contributed by atoms with Gasteiger partial charge in [0.1, 0.15) is 6.04 Å². The molecular formula is C9H14BrN3O. The van der Waals surface area contributed by atoms with Crippen LogP contribution < -0.4 is 0 Å². The van der Waals surface area contributed by atoms with Gasteiger partial charge in [0.25, 0.3) is 0 Å². The monoisotopic (exact) mass is 259 g/mol. The molecule has 0 spiro atoms. The zero-order valence-corrected chi connectivity index (χ0v) is 10.2. The summed E-state index contributed by atoms with van der Waals surface area (Å²) in [7, 11) is 3.51. The highest BCUT2D eigenvalue weighted by Gasteiger charge is 2.20. The van der Waals surface area contributed by atoms with Crippen LogP contribution in [-0.2, 0) is 4.79 Å². The number of aromatic nitrogens is 2. The van der Waals surface area contributed by atoms with Gasteiger partial charge in [0.15, 0.2) is 0 Å². The van der Waals surface area contributed by atoms with Crippen molar-refractivity contribution in [2.75, 3.05) is 14.1 Å². The van der Waals surface area contributed by atoms with Crippen molar-refractivity contribution in [3.05, 3.63) is 16.9 Å². The van der Waals surface area contributed by atoms with E-state index in [0.717, 1.165) is 10.9 Å². The predicted octanol–water partition coefficient (Wildman–Crippen LogP) is 1.68. The Labute approximate surface area is 92.0 Å². The van der Waals surface area contributed by atoms with Crippen LogP contribution in [0.3, 0.4) is 0 Å². The summed E-state index contributed by atoms with van der Waals surface area (Å²) < 4.78 is 2.58. The summed E-state index contributed by atoms with van der Waals surface area (Å²) in [6, 6.07) is -0.198. The van der Waals surface area contributed by atoms with E-state index in [2.05, 4.69) is 21.0 Å². The highest BCUT2D eigenvalue weighted by Crippen LogP contribution is 2.16. The first-order valence-electron chi connectivity index (χ1n) is 4.47. The average Bonchev–Trinajstić information content (AvgIpc) is 2.53. The number of rotatable bonds is 3. The van der Waals surface area contributed by atoms with Gasteiger partial charge in [-0.2, -0.15) is 5.10 Å². The Morgan fingerprint density at radius 3 is 2.71 bits per heavy atom. The molecule has 1 unspecified atom stereocenters. The lowest BCUT2D eigenvalue weighted by molar-refractivity contribution is -0.132. The van der Waals surface area contributed by atoms with Crippen molar-refractivity contribution < 1.29 is 4.79 Å². The van der Waals surface area contributed by atoms with Crippen LogP contribution in [-0.4, -0.2) is 34.7 Å². The van der Waals surface area contributed by atoms with Crippen molar-refractivity contribution in [1.29, 1.82) is 0 Å². The van der Waals surface area contributed by atoms with Crippen LogP contribution in [0.5, 0.6) is 0 Å². The molecule has 0 radical (unpaired) electrons. The number of nitrogens with zero attached hydrogens (tertiary/aromatic N) is 3. The summed E-state index contributed by atoms with van der Waals surface area (Å²) >= 11 is 3.31. The third kappa shape index (κ3) is 2.35. The number of amides is 1. The Kier molecular flexibility index (Phi) is 3.69. The quantitative estimate of drug-likeness (QED) is 0.829. The molecule has 0 aliphatic heterocycles. The Bertz CT molecular complexity index is 322. The van der Waals surface area contributed by atoms with E-state index in [9.17, 15) is 4.79 Å². The normalized spacial score (nSPS) is 12.6. The second kappa shape index (κ2) is 4.59. The maximum Gasteiger partial charge on any atom is 0.246 e. The molecule has 0 fully saturated rings. The number of likely N-dealkylation sites (N-methyl/N-ethyl adjacent to an activating group) is 1. The first-order chi connectivity index (χ1) is 6.56. The van der Waals surface area contributed by atoms with Crippen LogP contribution in [0.4, 0.5) is 0 Å². The van der Waals surface area contributed by atoms with Gasteiger partial charge < -0.3 is 4.90 Å². The third-order valence-electron chi connectivity index (χ3n) is 2.00. The first-order valence-corrected chi connectivity index (χ1v) is 5.26. The van der Waals surface area contributed by atoms with E-state index in [4.69, 9.17) is 0 Å². The van der Waals surface area contributed by atoms with Crippen LogP contribution in [0.25, 0.3) is 0 Å². The molecule has 0 N–H and O–H groups in total. The minimum Gasteiger partial charge on any atom is -0.347 e. The molecule has 0 aromatic carbocycles. The molecule has 1 amide bonds. The van der Waals surface area contributed by atoms with Gasteiger partial charge in [-0.15, -0.1) is 0 Å². The lowest BCUT2D eigenvalue weighted by Gasteiger charge is -2.19. The van der Waals surface area contributed by atoms with Crippen molar-refractivity contribution in [1.82, 2.24) is 14.7 Å². The highest BCUT2D eigenvalue weighted by atomic mass is 79.9. The van der Waals surface area contributed by atoms with E-state index in [1.54, 1.807) is 29.9 Å². The van der Waals surface area contributed by atoms with E-state index in [1.165, 1.54) is 0 Å². The largest absolute Gasteiger partial charge is 0.347 e. The van der Waals surface area contributed by atoms with E-state index in [0.29, 0.717) is 0 Å². The van der Waals surface area contributed by atoms with Gasteiger partial charge >= 0.3 is 0 Å². The van der Waals surface area contributed by atoms with Crippen LogP contribution in [0.1, 0.15) is 19.4 Å². The lowest BCUT2D eigenvalue weighted by Crippen LogP contribution is -2.31. The molecule has 1 rings (SSSR count). The molecular weight excluding hydrogens is 246 g/mol. The summed E-state index contributed by atoms with van der Waals surface area (Å²) in [5.41, 5.74) is 0. The summed E-state index contributed by atoms with van der Waals surface area (Å²) in [5.74, 6) is 0.0723. The summed E-state index contributed by atoms with van der Waals surface area (Å²) in [6.45, 7) is 1.97. The van der Waals surface area contributed by atoms with E-state index >= 15 is 0 Å². The van der Waals surface area contributed by atoms with Gasteiger partial charge in [0.05, 0.1) is 10.7 Å². The standard InChI is InChI=1S/C9H14BrN3O/c1-4-8(9(14)12(2)3)13-6-7(10)5-11-13/h5-6,8H,4H2,1-3H3. The summed E-state index contributed by atoms with van der Waals surface area (Å²) in [6.07, 6.45) is 4.24. The predicted molar refractivity (Wildman–Crippen MR) is 57.9 cm³/mol. The maximum atomic E-state index is 11.7. The van der Waals surface area contributed by atoms with Crippen LogP contribution >= 0.6 is 15.9 Å². The van der Waals surface area contributed by atoms with Gasteiger partial charge in [0.2, 0.25) is 5.91 Å². The van der Waals surface area contributed by atoms with Gasteiger partial charge in [0, 0.05) is 20.3 Å². The minimum absolute atomic E-state index is 0.0723. The highest BCUT2D eigenvalue weighted by molar-refractivity contribution is 9.10. The number of hydrogen-bond acceptors (Lipinski definition) is 2. The molecule has 1 heterocycles. The Balaban J connectivity index is 2.87. The van der Waals surface area contributed by atoms with Crippen molar-refractivity contribution in [2.45, 2.75) is 19.4 Å². The number of hydrogen-bond donors (Lipinski definition) is 0. The van der Waals surface area contributed by atoms with Crippen molar-refractivity contribution in [3.8, 4) is 0 Å². The van der Waals surface area contributed by atoms with E-state index in [-0.39, 0.29) is 11.9 Å². The molecule has 0 saturated carbocycles. The Morgan fingerprint density at radius 1 is 1.71 bits per heavy atom. The average molecular weight is 260 g/mol. The second-order valence-electron chi connectivity index (χ2n) is 3.30. The molecule has 5 heteroatoms. The van der Waals surface area contributed by atoms with E-state index < -0.39 is 0 Å². The fourth-order valence-electron chi connectivity index (χ4n) is 1.26. The van der Waals surface area contributed by atoms with Crippen molar-refractivity contribution >= 4 is 21.8 Å². The van der Waals surface area contributed by atoms with Crippen molar-refractivity contribution in [2.24, 2.45) is 0 Å². The van der Waals surface area contributed by atoms with E-state index in [1.807, 2.05) is 13.1 Å². The molecule has 78 valence electrons. The molecule has 4 nitrogen and oxygen atoms in total. The van der Waals surface area contributed by atoms with Gasteiger partial charge in [-0.05, 0) is 22.4 Å². The fraction of sp³-hybridized carbons (Fsp3) is 0.556. The fourth-order valence-corrected chi connectivity index (χ4v) is 1.56. The van der Waals surface area contributed by atoms with Crippen LogP contribution in [0, 0.1) is 0 Å². The molecule has 1 atom stereocenters. The molecule has 0 aliphatic rings. The molecule has 0 saturated heterocycles. The molecule has 14 heavy (non-hydrogen) atoms. The molecule has 1 aromatic rings. The third-order valence-corrected chi connectivity index (χ3v) is 2.41. The van der Waals surface area contributed by atoms with Gasteiger partial charge in [-0.1, -0.05) is 6.92 Å². The number of carbonyl (C=O) groups is 1. The van der Waals surface area contributed by atoms with Gasteiger partial charge in [-0.25, -0.2) is 0 Å². The minimum atomic E-state index is -0.198. The second-order valence-corrected chi connectivity index (χ2v) is 4.21. The Morgan fingerprint density at radius 2 is 2.36 bits per heavy atom. The topological polar surface area (TPSA) is 38.1 Å². The van der Waals surface area contributed by atoms with Crippen LogP contribution in [0.15, 0.2) is 16.9 Å². The Hall–Kier alpha value is -0.840. The smallest absolute Gasteiger partial charge is 0.246 e. The molecule has 0 bridgehead atoms. The molecule has 1 aromatic heterocycles. The first kappa shape index (κ1) is 11.2. The lowest BCUT2D eigenvalue weighted by atomic mass is 10.2. The number of carbonyl (C=O) groups excluding carboxylic acids is 1. The zero-order chi connectivity index (χ0) is 10.7. The number of halogens is 1. The summed E-state index contributed by atoms with van der Waals surface area (Å²) in [4.78, 5) is 13.3. The van der Waals surface area contributed by atoms with Crippen molar-refractivity contribution in [3.63, 3.8) is 0 Å². The molecule has 0 aliphatic carbocycles. The summed E-state index contributed by atoms with van der Waals surface area (Å²) in [5, 5.41) is 4.11. The maximum absolute atomic E-state index is 11.7. The SMILES string of the molecule is CCC(C(=O)N(C)C)n1cc(Br)cn1. The zero-order valence-electron chi connectivity index (χ0n) is 8.57. The van der Waals surface area contributed by atoms with Gasteiger partial charge in [-0.3, -0.25) is 9.48 Å².